The van der Waals surface area contributed by atoms with Gasteiger partial charge in [-0.05, 0) is 47.3 Å². The quantitative estimate of drug-likeness (QED) is 0.725. The van der Waals surface area contributed by atoms with Crippen LogP contribution in [0.4, 0.5) is 4.39 Å². The molecule has 2 rings (SSSR count). The van der Waals surface area contributed by atoms with Crippen molar-refractivity contribution in [2.45, 2.75) is 25.9 Å². The summed E-state index contributed by atoms with van der Waals surface area (Å²) in [5, 5.41) is 0.879. The van der Waals surface area contributed by atoms with E-state index in [1.807, 2.05) is 6.07 Å². The fourth-order valence-corrected chi connectivity index (χ4v) is 3.68. The van der Waals surface area contributed by atoms with Crippen molar-refractivity contribution in [2.24, 2.45) is 5.41 Å². The first kappa shape index (κ1) is 13.5. The minimum Gasteiger partial charge on any atom is -0.378 e. The molecule has 1 aromatic carbocycles. The maximum absolute atomic E-state index is 13.5. The zero-order chi connectivity index (χ0) is 12.5. The summed E-state index contributed by atoms with van der Waals surface area (Å²) in [4.78, 5) is 0. The van der Waals surface area contributed by atoms with Crippen LogP contribution in [0.25, 0.3) is 0 Å². The van der Waals surface area contributed by atoms with E-state index in [-0.39, 0.29) is 17.3 Å². The zero-order valence-corrected chi connectivity index (χ0v) is 12.9. The van der Waals surface area contributed by atoms with Crippen molar-refractivity contribution in [3.8, 4) is 0 Å². The molecule has 1 aromatic rings. The van der Waals surface area contributed by atoms with Gasteiger partial charge in [0.2, 0.25) is 0 Å². The Hall–Kier alpha value is 0.0700. The van der Waals surface area contributed by atoms with Crippen molar-refractivity contribution in [1.82, 2.24) is 0 Å². The SMILES string of the molecule is CC1OCCC1(CBr)Cc1cccc(F)c1Br. The van der Waals surface area contributed by atoms with E-state index in [0.29, 0.717) is 4.47 Å². The van der Waals surface area contributed by atoms with Gasteiger partial charge in [0.1, 0.15) is 5.82 Å². The van der Waals surface area contributed by atoms with Crippen LogP contribution in [-0.2, 0) is 11.2 Å². The van der Waals surface area contributed by atoms with Gasteiger partial charge >= 0.3 is 0 Å². The Morgan fingerprint density at radius 1 is 1.53 bits per heavy atom. The fourth-order valence-electron chi connectivity index (χ4n) is 2.34. The van der Waals surface area contributed by atoms with Crippen molar-refractivity contribution < 1.29 is 9.13 Å². The van der Waals surface area contributed by atoms with Crippen LogP contribution in [0.15, 0.2) is 22.7 Å². The van der Waals surface area contributed by atoms with Gasteiger partial charge in [0.15, 0.2) is 0 Å². The minimum absolute atomic E-state index is 0.0797. The van der Waals surface area contributed by atoms with Crippen LogP contribution in [0, 0.1) is 11.2 Å². The summed E-state index contributed by atoms with van der Waals surface area (Å²) in [6.45, 7) is 2.89. The van der Waals surface area contributed by atoms with Crippen LogP contribution in [-0.4, -0.2) is 18.0 Å². The number of rotatable bonds is 3. The van der Waals surface area contributed by atoms with E-state index in [0.717, 1.165) is 30.3 Å². The molecule has 1 nitrogen and oxygen atoms in total. The minimum atomic E-state index is -0.196. The maximum Gasteiger partial charge on any atom is 0.137 e. The maximum atomic E-state index is 13.5. The van der Waals surface area contributed by atoms with Crippen molar-refractivity contribution in [2.75, 3.05) is 11.9 Å². The molecular formula is C13H15Br2FO. The second-order valence-electron chi connectivity index (χ2n) is 4.65. The van der Waals surface area contributed by atoms with E-state index < -0.39 is 0 Å². The van der Waals surface area contributed by atoms with Gasteiger partial charge in [-0.15, -0.1) is 0 Å². The first-order chi connectivity index (χ1) is 8.09. The first-order valence-electron chi connectivity index (χ1n) is 5.69. The lowest BCUT2D eigenvalue weighted by atomic mass is 9.78. The van der Waals surface area contributed by atoms with E-state index >= 15 is 0 Å². The van der Waals surface area contributed by atoms with E-state index in [1.165, 1.54) is 6.07 Å². The standard InChI is InChI=1S/C13H15Br2FO/c1-9-13(8-14,5-6-17-9)7-10-3-2-4-11(16)12(10)15/h2-4,9H,5-8H2,1H3. The second-order valence-corrected chi connectivity index (χ2v) is 6.00. The molecule has 0 saturated carbocycles. The highest BCUT2D eigenvalue weighted by Gasteiger charge is 2.41. The second kappa shape index (κ2) is 5.37. The normalized spacial score (nSPS) is 28.6. The Balaban J connectivity index is 2.27. The summed E-state index contributed by atoms with van der Waals surface area (Å²) in [6, 6.07) is 5.21. The Morgan fingerprint density at radius 3 is 2.88 bits per heavy atom. The molecule has 4 heteroatoms. The average Bonchev–Trinajstić information content (AvgIpc) is 2.67. The van der Waals surface area contributed by atoms with E-state index in [1.54, 1.807) is 6.07 Å². The lowest BCUT2D eigenvalue weighted by Crippen LogP contribution is -2.33. The van der Waals surface area contributed by atoms with Gasteiger partial charge in [0, 0.05) is 17.4 Å². The molecule has 1 heterocycles. The molecule has 1 fully saturated rings. The highest BCUT2D eigenvalue weighted by molar-refractivity contribution is 9.10. The molecule has 2 unspecified atom stereocenters. The summed E-state index contributed by atoms with van der Waals surface area (Å²) in [5.41, 5.74) is 1.10. The molecule has 1 aliphatic heterocycles. The summed E-state index contributed by atoms with van der Waals surface area (Å²) in [5.74, 6) is -0.196. The van der Waals surface area contributed by atoms with Crippen LogP contribution in [0.2, 0.25) is 0 Å². The van der Waals surface area contributed by atoms with Gasteiger partial charge in [-0.1, -0.05) is 28.1 Å². The Kier molecular flexibility index (Phi) is 4.26. The van der Waals surface area contributed by atoms with Gasteiger partial charge in [-0.25, -0.2) is 4.39 Å². The molecule has 0 radical (unpaired) electrons. The molecule has 2 atom stereocenters. The molecule has 0 amide bonds. The number of ether oxygens (including phenoxy) is 1. The van der Waals surface area contributed by atoms with Crippen LogP contribution in [0.5, 0.6) is 0 Å². The van der Waals surface area contributed by atoms with Gasteiger partial charge in [-0.3, -0.25) is 0 Å². The Morgan fingerprint density at radius 2 is 2.29 bits per heavy atom. The molecule has 0 aliphatic carbocycles. The number of benzene rings is 1. The monoisotopic (exact) mass is 364 g/mol. The summed E-state index contributed by atoms with van der Waals surface area (Å²) in [7, 11) is 0. The molecule has 1 aliphatic rings. The molecule has 94 valence electrons. The van der Waals surface area contributed by atoms with Crippen molar-refractivity contribution >= 4 is 31.9 Å². The Bertz CT molecular complexity index is 410. The molecule has 0 aromatic heterocycles. The van der Waals surface area contributed by atoms with Crippen molar-refractivity contribution in [1.29, 1.82) is 0 Å². The van der Waals surface area contributed by atoms with E-state index in [2.05, 4.69) is 38.8 Å². The van der Waals surface area contributed by atoms with Crippen LogP contribution >= 0.6 is 31.9 Å². The Labute approximate surface area is 118 Å². The van der Waals surface area contributed by atoms with Crippen molar-refractivity contribution in [3.63, 3.8) is 0 Å². The number of hydrogen-bond donors (Lipinski definition) is 0. The lowest BCUT2D eigenvalue weighted by molar-refractivity contribution is 0.0745. The summed E-state index contributed by atoms with van der Waals surface area (Å²) < 4.78 is 19.7. The van der Waals surface area contributed by atoms with Gasteiger partial charge in [0.05, 0.1) is 10.6 Å². The summed E-state index contributed by atoms with van der Waals surface area (Å²) in [6.07, 6.45) is 2.05. The number of halogens is 3. The van der Waals surface area contributed by atoms with Gasteiger partial charge in [-0.2, -0.15) is 0 Å². The highest BCUT2D eigenvalue weighted by Crippen LogP contribution is 2.41. The predicted octanol–water partition coefficient (Wildman–Crippen LogP) is 4.32. The topological polar surface area (TPSA) is 9.23 Å². The molecular weight excluding hydrogens is 351 g/mol. The third kappa shape index (κ3) is 2.59. The third-order valence-electron chi connectivity index (χ3n) is 3.67. The predicted molar refractivity (Wildman–Crippen MR) is 74.1 cm³/mol. The lowest BCUT2D eigenvalue weighted by Gasteiger charge is -2.30. The van der Waals surface area contributed by atoms with E-state index in [4.69, 9.17) is 4.74 Å². The highest BCUT2D eigenvalue weighted by atomic mass is 79.9. The van der Waals surface area contributed by atoms with Gasteiger partial charge < -0.3 is 4.74 Å². The molecule has 0 bridgehead atoms. The van der Waals surface area contributed by atoms with Crippen LogP contribution < -0.4 is 0 Å². The van der Waals surface area contributed by atoms with Crippen molar-refractivity contribution in [3.05, 3.63) is 34.1 Å². The van der Waals surface area contributed by atoms with E-state index in [9.17, 15) is 4.39 Å². The molecule has 1 saturated heterocycles. The average molecular weight is 366 g/mol. The molecule has 17 heavy (non-hydrogen) atoms. The van der Waals surface area contributed by atoms with Crippen LogP contribution in [0.1, 0.15) is 18.9 Å². The number of hydrogen-bond acceptors (Lipinski definition) is 1. The first-order valence-corrected chi connectivity index (χ1v) is 7.61. The number of alkyl halides is 1. The molecule has 0 spiro atoms. The largest absolute Gasteiger partial charge is 0.378 e. The fraction of sp³-hybridized carbons (Fsp3) is 0.538. The van der Waals surface area contributed by atoms with Gasteiger partial charge in [0.25, 0.3) is 0 Å². The third-order valence-corrected chi connectivity index (χ3v) is 5.68. The smallest absolute Gasteiger partial charge is 0.137 e. The molecule has 0 N–H and O–H groups in total. The summed E-state index contributed by atoms with van der Waals surface area (Å²) >= 11 is 6.91. The zero-order valence-electron chi connectivity index (χ0n) is 9.68. The van der Waals surface area contributed by atoms with Crippen LogP contribution in [0.3, 0.4) is 0 Å².